The van der Waals surface area contributed by atoms with Crippen molar-refractivity contribution in [3.8, 4) is 0 Å². The highest BCUT2D eigenvalue weighted by atomic mass is 16.8. The number of aliphatic hydroxyl groups is 14. The molecule has 0 radical (unpaired) electrons. The summed E-state index contributed by atoms with van der Waals surface area (Å²) in [5.74, 6) is -1.21. The van der Waals surface area contributed by atoms with Crippen molar-refractivity contribution in [2.45, 2.75) is 271 Å². The first-order valence-electron chi connectivity index (χ1n) is 29.8. The molecule has 79 heavy (non-hydrogen) atoms. The number of hydrogen-bond donors (Lipinski definition) is 14. The average molecular weight is 1150 g/mol. The fraction of sp³-hybridized carbons (Fsp3) is 1.00. The van der Waals surface area contributed by atoms with Gasteiger partial charge in [-0.2, -0.15) is 0 Å². The minimum absolute atomic E-state index is 0.206. The molecule has 4 heterocycles. The summed E-state index contributed by atoms with van der Waals surface area (Å²) in [5.41, 5.74) is 0. The fourth-order valence-corrected chi connectivity index (χ4v) is 12.5. The lowest BCUT2D eigenvalue weighted by atomic mass is 9.76. The van der Waals surface area contributed by atoms with Gasteiger partial charge in [-0.15, -0.1) is 0 Å². The SMILES string of the molecule is CCCCCCCCCCCOCC1C2C[C@@H](C1COCCCCCCCCCCC)[C@@H](O[C@@H]1OC(CO)[C@@H](O[C@H]3OC(CO)[C@@H](O)[C@H](O)C3O)[C@H](O)C1O)C2O[C@@H]1OC(CO)[C@@H](O[C@H]2OC(CO)[C@@H](O)[C@H](O)C2O)[C@H](O)C1O. The number of aliphatic hydroxyl groups excluding tert-OH is 14. The van der Waals surface area contributed by atoms with Crippen LogP contribution >= 0.6 is 0 Å². The van der Waals surface area contributed by atoms with Crippen molar-refractivity contribution in [2.75, 3.05) is 52.9 Å². The number of fused-ring (bicyclic) bond motifs is 2. The van der Waals surface area contributed by atoms with Gasteiger partial charge in [-0.3, -0.25) is 0 Å². The highest BCUT2D eigenvalue weighted by Gasteiger charge is 2.63. The van der Waals surface area contributed by atoms with Gasteiger partial charge in [0.1, 0.15) is 97.7 Å². The maximum Gasteiger partial charge on any atom is 0.187 e. The molecular weight excluding hydrogens is 1040 g/mol. The molecule has 0 amide bonds. The maximum absolute atomic E-state index is 11.7. The Morgan fingerprint density at radius 2 is 0.595 bits per heavy atom. The van der Waals surface area contributed by atoms with Crippen molar-refractivity contribution in [2.24, 2.45) is 23.7 Å². The van der Waals surface area contributed by atoms with E-state index in [2.05, 4.69) is 13.8 Å². The summed E-state index contributed by atoms with van der Waals surface area (Å²) < 4.78 is 61.1. The monoisotopic (exact) mass is 1140 g/mol. The second-order valence-corrected chi connectivity index (χ2v) is 22.9. The molecule has 26 atom stereocenters. The topological polar surface area (TPSA) is 376 Å². The fourth-order valence-electron chi connectivity index (χ4n) is 12.5. The van der Waals surface area contributed by atoms with Crippen LogP contribution in [0.4, 0.5) is 0 Å². The molecule has 24 nitrogen and oxygen atoms in total. The zero-order chi connectivity index (χ0) is 57.2. The van der Waals surface area contributed by atoms with Gasteiger partial charge in [0.25, 0.3) is 0 Å². The highest BCUT2D eigenvalue weighted by Crippen LogP contribution is 2.56. The second kappa shape index (κ2) is 34.3. The van der Waals surface area contributed by atoms with Gasteiger partial charge in [0.2, 0.25) is 0 Å². The number of hydrogen-bond acceptors (Lipinski definition) is 24. The Hall–Kier alpha value is -0.960. The lowest BCUT2D eigenvalue weighted by Crippen LogP contribution is -2.66. The van der Waals surface area contributed by atoms with Gasteiger partial charge in [-0.25, -0.2) is 0 Å². The minimum Gasteiger partial charge on any atom is -0.394 e. The van der Waals surface area contributed by atoms with Crippen LogP contribution in [0, 0.1) is 23.7 Å². The number of ether oxygens (including phenoxy) is 10. The summed E-state index contributed by atoms with van der Waals surface area (Å²) in [4.78, 5) is 0. The van der Waals surface area contributed by atoms with Gasteiger partial charge in [0, 0.05) is 13.2 Å². The lowest BCUT2D eigenvalue weighted by Gasteiger charge is -2.49. The lowest BCUT2D eigenvalue weighted by molar-refractivity contribution is -0.378. The largest absolute Gasteiger partial charge is 0.394 e. The van der Waals surface area contributed by atoms with Crippen LogP contribution in [0.1, 0.15) is 136 Å². The Labute approximate surface area is 465 Å². The predicted molar refractivity (Wildman–Crippen MR) is 277 cm³/mol. The zero-order valence-electron chi connectivity index (χ0n) is 46.4. The smallest absolute Gasteiger partial charge is 0.187 e. The molecule has 0 aromatic heterocycles. The predicted octanol–water partition coefficient (Wildman–Crippen LogP) is -1.02. The van der Waals surface area contributed by atoms with Crippen LogP contribution in [-0.2, 0) is 47.4 Å². The van der Waals surface area contributed by atoms with Crippen LogP contribution < -0.4 is 0 Å². The summed E-state index contributed by atoms with van der Waals surface area (Å²) in [7, 11) is 0. The van der Waals surface area contributed by atoms with Crippen LogP contribution in [0.25, 0.3) is 0 Å². The summed E-state index contributed by atoms with van der Waals surface area (Å²) in [6.45, 7) is 2.90. The number of rotatable bonds is 36. The third kappa shape index (κ3) is 17.6. The van der Waals surface area contributed by atoms with Gasteiger partial charge in [0.15, 0.2) is 25.2 Å². The van der Waals surface area contributed by atoms with E-state index in [9.17, 15) is 71.5 Å². The molecule has 2 aliphatic carbocycles. The summed E-state index contributed by atoms with van der Waals surface area (Å²) in [5, 5.41) is 150. The molecule has 14 N–H and O–H groups in total. The van der Waals surface area contributed by atoms with E-state index < -0.39 is 173 Å². The summed E-state index contributed by atoms with van der Waals surface area (Å²) in [6, 6.07) is 0. The van der Waals surface area contributed by atoms with Crippen molar-refractivity contribution >= 4 is 0 Å². The van der Waals surface area contributed by atoms with Crippen LogP contribution in [0.15, 0.2) is 0 Å². The van der Waals surface area contributed by atoms with Crippen molar-refractivity contribution in [3.05, 3.63) is 0 Å². The van der Waals surface area contributed by atoms with E-state index in [1.165, 1.54) is 64.2 Å². The van der Waals surface area contributed by atoms with Gasteiger partial charge in [-0.05, 0) is 42.9 Å². The van der Waals surface area contributed by atoms with Gasteiger partial charge >= 0.3 is 0 Å². The van der Waals surface area contributed by atoms with Crippen molar-refractivity contribution in [3.63, 3.8) is 0 Å². The first-order chi connectivity index (χ1) is 38.1. The molecule has 2 saturated carbocycles. The quantitative estimate of drug-likeness (QED) is 0.0334. The normalized spacial score (nSPS) is 42.5. The van der Waals surface area contributed by atoms with Crippen molar-refractivity contribution in [1.82, 2.24) is 0 Å². The van der Waals surface area contributed by atoms with Crippen LogP contribution in [0.5, 0.6) is 0 Å². The van der Waals surface area contributed by atoms with Gasteiger partial charge in [-0.1, -0.05) is 117 Å². The third-order valence-electron chi connectivity index (χ3n) is 17.3. The van der Waals surface area contributed by atoms with E-state index in [0.29, 0.717) is 32.8 Å². The average Bonchev–Trinajstić information content (AvgIpc) is 4.18. The molecule has 0 spiro atoms. The highest BCUT2D eigenvalue weighted by molar-refractivity contribution is 5.09. The van der Waals surface area contributed by atoms with E-state index in [4.69, 9.17) is 47.4 Å². The summed E-state index contributed by atoms with van der Waals surface area (Å²) >= 11 is 0. The molecule has 4 aliphatic heterocycles. The molecule has 24 heteroatoms. The zero-order valence-corrected chi connectivity index (χ0v) is 46.4. The minimum atomic E-state index is -1.90. The molecule has 0 aromatic rings. The second-order valence-electron chi connectivity index (χ2n) is 22.9. The molecule has 6 fully saturated rings. The van der Waals surface area contributed by atoms with Crippen molar-refractivity contribution in [1.29, 1.82) is 0 Å². The first kappa shape index (κ1) is 67.2. The molecular formula is C55H100O24. The first-order valence-corrected chi connectivity index (χ1v) is 29.8. The Bertz CT molecular complexity index is 1520. The molecule has 2 bridgehead atoms. The Kier molecular flexibility index (Phi) is 29.1. The van der Waals surface area contributed by atoms with Gasteiger partial charge in [0.05, 0.1) is 51.8 Å². The van der Waals surface area contributed by atoms with Crippen LogP contribution in [-0.4, -0.2) is 259 Å². The maximum atomic E-state index is 11.7. The van der Waals surface area contributed by atoms with E-state index >= 15 is 0 Å². The van der Waals surface area contributed by atoms with Crippen LogP contribution in [0.3, 0.4) is 0 Å². The Morgan fingerprint density at radius 3 is 0.911 bits per heavy atom. The Balaban J connectivity index is 1.20. The summed E-state index contributed by atoms with van der Waals surface area (Å²) in [6.07, 6.45) is -15.0. The van der Waals surface area contributed by atoms with Crippen LogP contribution in [0.2, 0.25) is 0 Å². The molecule has 0 aromatic carbocycles. The molecule has 12 unspecified atom stereocenters. The van der Waals surface area contributed by atoms with E-state index in [1.807, 2.05) is 0 Å². The molecule has 6 aliphatic rings. The Morgan fingerprint density at radius 1 is 0.316 bits per heavy atom. The standard InChI is InChI=1S/C55H100O24/c1-3-5-7-9-11-13-15-17-19-21-70-28-32-30-23-31(33(32)29-71-22-20-18-16-14-12-10-8-6-4-2)49(77-55-47(69)43(65)51(37(27-59)75-55)79-53-45(67)41(63)39(61)35(25-57)73-53)48(30)76-54-46(68)42(64)50(36(26-58)74-54)78-52-44(66)40(62)38(60)34(24-56)72-52/h30-69H,3-29H2,1-2H3/t30-,31?,32?,33?,34?,35?,36?,37?,38+,39+,40-,41-,42+,43+,44?,45?,46?,47?,48+,49?,50+,51+,52+,53+,54-,55-/m0/s1. The molecule has 464 valence electrons. The third-order valence-corrected chi connectivity index (χ3v) is 17.3. The van der Waals surface area contributed by atoms with Gasteiger partial charge < -0.3 is 119 Å². The molecule has 6 rings (SSSR count). The van der Waals surface area contributed by atoms with E-state index in [1.54, 1.807) is 0 Å². The molecule has 4 saturated heterocycles. The van der Waals surface area contributed by atoms with Crippen molar-refractivity contribution < 1.29 is 119 Å². The van der Waals surface area contributed by atoms with E-state index in [-0.39, 0.29) is 11.8 Å². The number of unbranched alkanes of at least 4 members (excludes halogenated alkanes) is 16. The van der Waals surface area contributed by atoms with E-state index in [0.717, 1.165) is 51.4 Å².